The van der Waals surface area contributed by atoms with Crippen LogP contribution in [-0.2, 0) is 36.0 Å². The standard InChI is InChI=1S/C39H71O6PSi2/c1-13-46(41,42)27-17-15-14-16-24-34-35(37(29-36(34)40)45-48(11,12)39(5,6)7)26-25-33(44-47(9,10)38(2,3)4)23-19-21-31-20-18-22-32(28-31)30-43-8/h18,20,22,25-26,28,33-35,37H,13-17,19,21,23-24,27,29-30H2,1-12H3,(H,41,42)/b26-25+/t33-,34+,35+,37+/m0/s1. The minimum Gasteiger partial charge on any atom is -0.413 e. The van der Waals surface area contributed by atoms with E-state index in [1.165, 1.54) is 11.1 Å². The van der Waals surface area contributed by atoms with Gasteiger partial charge in [0.05, 0.1) is 18.8 Å². The topological polar surface area (TPSA) is 82.1 Å². The highest BCUT2D eigenvalue weighted by Crippen LogP contribution is 2.44. The van der Waals surface area contributed by atoms with Crippen molar-refractivity contribution in [2.24, 2.45) is 11.8 Å². The molecule has 0 heterocycles. The molecule has 1 aliphatic rings. The van der Waals surface area contributed by atoms with Gasteiger partial charge in [-0.25, -0.2) is 0 Å². The van der Waals surface area contributed by atoms with Gasteiger partial charge in [0.2, 0.25) is 0 Å². The zero-order valence-corrected chi connectivity index (χ0v) is 35.6. The maximum Gasteiger partial charge on any atom is 0.200 e. The Morgan fingerprint density at radius 2 is 1.58 bits per heavy atom. The van der Waals surface area contributed by atoms with Crippen LogP contribution in [0.25, 0.3) is 0 Å². The van der Waals surface area contributed by atoms with Crippen molar-refractivity contribution in [3.63, 3.8) is 0 Å². The van der Waals surface area contributed by atoms with E-state index in [0.29, 0.717) is 31.1 Å². The zero-order valence-electron chi connectivity index (χ0n) is 32.7. The summed E-state index contributed by atoms with van der Waals surface area (Å²) in [6, 6.07) is 8.67. The fourth-order valence-corrected chi connectivity index (χ4v) is 9.72. The normalized spacial score (nSPS) is 21.6. The molecule has 0 saturated heterocycles. The smallest absolute Gasteiger partial charge is 0.200 e. The molecule has 1 N–H and O–H groups in total. The molecule has 48 heavy (non-hydrogen) atoms. The number of ether oxygens (including phenoxy) is 1. The molecule has 9 heteroatoms. The molecular formula is C39H71O6PSi2. The monoisotopic (exact) mass is 722 g/mol. The van der Waals surface area contributed by atoms with Crippen molar-refractivity contribution in [3.8, 4) is 0 Å². The van der Waals surface area contributed by atoms with Crippen LogP contribution in [0.1, 0.15) is 111 Å². The summed E-state index contributed by atoms with van der Waals surface area (Å²) < 4.78 is 31.4. The van der Waals surface area contributed by atoms with Crippen molar-refractivity contribution in [1.82, 2.24) is 0 Å². The first-order chi connectivity index (χ1) is 22.1. The average Bonchev–Trinajstić information content (AvgIpc) is 3.25. The van der Waals surface area contributed by atoms with Crippen LogP contribution in [0.3, 0.4) is 0 Å². The minimum absolute atomic E-state index is 0.0225. The van der Waals surface area contributed by atoms with E-state index >= 15 is 0 Å². The van der Waals surface area contributed by atoms with Gasteiger partial charge in [0.15, 0.2) is 24.0 Å². The van der Waals surface area contributed by atoms with Crippen LogP contribution in [0.2, 0.25) is 36.3 Å². The number of hydrogen-bond donors (Lipinski definition) is 1. The summed E-state index contributed by atoms with van der Waals surface area (Å²) in [5.41, 5.74) is 2.52. The quantitative estimate of drug-likeness (QED) is 0.0624. The third kappa shape index (κ3) is 13.7. The fourth-order valence-electron chi connectivity index (χ4n) is 6.03. The van der Waals surface area contributed by atoms with E-state index < -0.39 is 24.0 Å². The van der Waals surface area contributed by atoms with Crippen molar-refractivity contribution < 1.29 is 27.8 Å². The molecule has 276 valence electrons. The molecule has 1 aliphatic carbocycles. The molecule has 2 rings (SSSR count). The molecule has 1 aromatic rings. The Kier molecular flexibility index (Phi) is 16.8. The number of carbonyl (C=O) groups is 1. The van der Waals surface area contributed by atoms with Gasteiger partial charge in [-0.05, 0) is 79.5 Å². The molecule has 0 spiro atoms. The maximum absolute atomic E-state index is 13.6. The number of Topliss-reactive ketones (excluding diaryl/α,β-unsaturated/α-hetero) is 1. The Morgan fingerprint density at radius 3 is 2.19 bits per heavy atom. The second-order valence-electron chi connectivity index (χ2n) is 17.3. The Morgan fingerprint density at radius 1 is 0.958 bits per heavy atom. The van der Waals surface area contributed by atoms with Gasteiger partial charge < -0.3 is 18.5 Å². The van der Waals surface area contributed by atoms with Crippen LogP contribution < -0.4 is 0 Å². The number of aryl methyl sites for hydroxylation is 1. The van der Waals surface area contributed by atoms with Crippen LogP contribution in [0, 0.1) is 11.8 Å². The summed E-state index contributed by atoms with van der Waals surface area (Å²) in [6.45, 7) is 25.3. The predicted molar refractivity (Wildman–Crippen MR) is 208 cm³/mol. The van der Waals surface area contributed by atoms with Gasteiger partial charge in [-0.2, -0.15) is 0 Å². The molecule has 0 aliphatic heterocycles. The molecule has 5 atom stereocenters. The van der Waals surface area contributed by atoms with Crippen molar-refractivity contribution in [3.05, 3.63) is 47.5 Å². The van der Waals surface area contributed by atoms with Crippen LogP contribution in [0.4, 0.5) is 0 Å². The third-order valence-electron chi connectivity index (χ3n) is 11.3. The van der Waals surface area contributed by atoms with Gasteiger partial charge in [0, 0.05) is 37.7 Å². The highest BCUT2D eigenvalue weighted by Gasteiger charge is 2.47. The lowest BCUT2D eigenvalue weighted by atomic mass is 9.88. The summed E-state index contributed by atoms with van der Waals surface area (Å²) in [5.74, 6) is 0.283. The molecular weight excluding hydrogens is 652 g/mol. The zero-order chi connectivity index (χ0) is 36.4. The largest absolute Gasteiger partial charge is 0.413 e. The Hall–Kier alpha value is -0.866. The number of methoxy groups -OCH3 is 1. The second kappa shape index (κ2) is 18.6. The van der Waals surface area contributed by atoms with E-state index in [9.17, 15) is 14.3 Å². The number of unbranched alkanes of at least 4 members (excludes halogenated alkanes) is 3. The third-order valence-corrected chi connectivity index (χ3v) is 22.3. The van der Waals surface area contributed by atoms with Crippen LogP contribution >= 0.6 is 7.37 Å². The lowest BCUT2D eigenvalue weighted by molar-refractivity contribution is -0.121. The molecule has 1 fully saturated rings. The summed E-state index contributed by atoms with van der Waals surface area (Å²) >= 11 is 0. The summed E-state index contributed by atoms with van der Waals surface area (Å²) in [4.78, 5) is 23.6. The van der Waals surface area contributed by atoms with Gasteiger partial charge in [0.1, 0.15) is 5.78 Å². The molecule has 0 bridgehead atoms. The van der Waals surface area contributed by atoms with E-state index in [1.54, 1.807) is 14.0 Å². The fraction of sp³-hybridized carbons (Fsp3) is 0.769. The van der Waals surface area contributed by atoms with Crippen molar-refractivity contribution >= 4 is 29.8 Å². The minimum atomic E-state index is -2.97. The number of carbonyl (C=O) groups excluding carboxylic acids is 1. The summed E-state index contributed by atoms with van der Waals surface area (Å²) in [6.07, 6.45) is 13.0. The van der Waals surface area contributed by atoms with E-state index in [4.69, 9.17) is 13.6 Å². The van der Waals surface area contributed by atoms with Crippen LogP contribution in [0.5, 0.6) is 0 Å². The highest BCUT2D eigenvalue weighted by atomic mass is 31.2. The van der Waals surface area contributed by atoms with E-state index in [1.807, 2.05) is 0 Å². The molecule has 6 nitrogen and oxygen atoms in total. The number of ketones is 1. The van der Waals surface area contributed by atoms with Crippen molar-refractivity contribution in [2.45, 2.75) is 161 Å². The van der Waals surface area contributed by atoms with Crippen molar-refractivity contribution in [1.29, 1.82) is 0 Å². The Bertz CT molecular complexity index is 1220. The van der Waals surface area contributed by atoms with Crippen LogP contribution in [0.15, 0.2) is 36.4 Å². The number of benzene rings is 1. The molecule has 0 aromatic heterocycles. The summed E-state index contributed by atoms with van der Waals surface area (Å²) in [5, 5.41) is 0.149. The van der Waals surface area contributed by atoms with E-state index in [2.05, 4.69) is 104 Å². The highest BCUT2D eigenvalue weighted by molar-refractivity contribution is 7.57. The average molecular weight is 723 g/mol. The molecule has 1 aromatic carbocycles. The Balaban J connectivity index is 2.28. The van der Waals surface area contributed by atoms with E-state index in [0.717, 1.165) is 51.4 Å². The van der Waals surface area contributed by atoms with Gasteiger partial charge in [0.25, 0.3) is 0 Å². The Labute approximate surface area is 296 Å². The van der Waals surface area contributed by atoms with Crippen molar-refractivity contribution in [2.75, 3.05) is 19.4 Å². The SMILES string of the molecule is CCP(=O)(O)CCCCCC[C@H]1C(=O)C[C@@H](O[Si](C)(C)C(C)(C)C)[C@@H]1/C=C/[C@H](CCCc1cccc(COC)c1)O[Si](C)(C)C(C)(C)C. The number of rotatable bonds is 20. The molecule has 0 radical (unpaired) electrons. The first-order valence-corrected chi connectivity index (χ1v) is 26.4. The van der Waals surface area contributed by atoms with Gasteiger partial charge in [-0.1, -0.05) is 104 Å². The molecule has 1 saturated carbocycles. The van der Waals surface area contributed by atoms with Gasteiger partial charge in [-0.3, -0.25) is 9.36 Å². The first kappa shape index (κ1) is 43.3. The van der Waals surface area contributed by atoms with Gasteiger partial charge >= 0.3 is 0 Å². The van der Waals surface area contributed by atoms with Gasteiger partial charge in [-0.15, -0.1) is 0 Å². The number of hydrogen-bond acceptors (Lipinski definition) is 5. The molecule has 0 amide bonds. The maximum atomic E-state index is 13.6. The van der Waals surface area contributed by atoms with Crippen LogP contribution in [-0.4, -0.2) is 59.0 Å². The van der Waals surface area contributed by atoms with E-state index in [-0.39, 0.29) is 34.1 Å². The first-order valence-electron chi connectivity index (χ1n) is 18.6. The molecule has 1 unspecified atom stereocenters. The second-order valence-corrected chi connectivity index (χ2v) is 29.6. The lowest BCUT2D eigenvalue weighted by Gasteiger charge is -2.40. The predicted octanol–water partition coefficient (Wildman–Crippen LogP) is 10.9. The lowest BCUT2D eigenvalue weighted by Crippen LogP contribution is -2.45. The summed E-state index contributed by atoms with van der Waals surface area (Å²) in [7, 11) is -5.39.